The van der Waals surface area contributed by atoms with Gasteiger partial charge in [0.1, 0.15) is 0 Å². The molecule has 4 N–H and O–H groups in total. The minimum Gasteiger partial charge on any atom is -0.478 e. The van der Waals surface area contributed by atoms with Gasteiger partial charge in [0.15, 0.2) is 0 Å². The van der Waals surface area contributed by atoms with Gasteiger partial charge < -0.3 is 16.2 Å². The second-order valence-corrected chi connectivity index (χ2v) is 5.35. The van der Waals surface area contributed by atoms with Crippen molar-refractivity contribution in [1.82, 2.24) is 0 Å². The summed E-state index contributed by atoms with van der Waals surface area (Å²) in [4.78, 5) is 24.9. The van der Waals surface area contributed by atoms with Crippen LogP contribution in [0.3, 0.4) is 0 Å². The number of amides is 1. The SMILES string of the molecule is CCc1ccc(C(=O)Nc2ccc(N)cc2C(=O)O)s1. The summed E-state index contributed by atoms with van der Waals surface area (Å²) in [6.45, 7) is 2.01. The molecule has 6 heteroatoms. The summed E-state index contributed by atoms with van der Waals surface area (Å²) in [6, 6.07) is 7.99. The molecule has 0 atom stereocenters. The maximum atomic E-state index is 12.1. The first-order valence-electron chi connectivity index (χ1n) is 6.04. The van der Waals surface area contributed by atoms with Gasteiger partial charge in [-0.2, -0.15) is 0 Å². The second kappa shape index (κ2) is 5.75. The molecule has 0 spiro atoms. The fourth-order valence-corrected chi connectivity index (χ4v) is 2.56. The molecule has 0 fully saturated rings. The molecule has 0 radical (unpaired) electrons. The van der Waals surface area contributed by atoms with Crippen molar-refractivity contribution in [2.24, 2.45) is 0 Å². The van der Waals surface area contributed by atoms with Gasteiger partial charge in [-0.1, -0.05) is 6.92 Å². The van der Waals surface area contributed by atoms with Gasteiger partial charge in [0.2, 0.25) is 0 Å². The monoisotopic (exact) mass is 290 g/mol. The van der Waals surface area contributed by atoms with Crippen molar-refractivity contribution in [3.05, 3.63) is 45.6 Å². The molecule has 2 aromatic rings. The number of nitrogen functional groups attached to an aromatic ring is 1. The van der Waals surface area contributed by atoms with Crippen LogP contribution in [0, 0.1) is 0 Å². The lowest BCUT2D eigenvalue weighted by molar-refractivity contribution is 0.0698. The van der Waals surface area contributed by atoms with Crippen molar-refractivity contribution in [3.63, 3.8) is 0 Å². The molecular formula is C14H14N2O3S. The van der Waals surface area contributed by atoms with Gasteiger partial charge in [-0.25, -0.2) is 4.79 Å². The molecule has 0 aliphatic carbocycles. The maximum absolute atomic E-state index is 12.1. The fraction of sp³-hybridized carbons (Fsp3) is 0.143. The Labute approximate surface area is 120 Å². The average molecular weight is 290 g/mol. The lowest BCUT2D eigenvalue weighted by Gasteiger charge is -2.08. The zero-order valence-corrected chi connectivity index (χ0v) is 11.7. The molecule has 0 aliphatic heterocycles. The van der Waals surface area contributed by atoms with Crippen LogP contribution in [0.15, 0.2) is 30.3 Å². The zero-order valence-electron chi connectivity index (χ0n) is 10.8. The molecule has 1 aromatic carbocycles. The van der Waals surface area contributed by atoms with E-state index >= 15 is 0 Å². The Morgan fingerprint density at radius 1 is 1.30 bits per heavy atom. The van der Waals surface area contributed by atoms with Crippen LogP contribution >= 0.6 is 11.3 Å². The van der Waals surface area contributed by atoms with E-state index in [9.17, 15) is 9.59 Å². The minimum absolute atomic E-state index is 0.0226. The first kappa shape index (κ1) is 14.1. The Balaban J connectivity index is 2.25. The Hall–Kier alpha value is -2.34. The number of hydrogen-bond donors (Lipinski definition) is 3. The standard InChI is InChI=1S/C14H14N2O3S/c1-2-9-4-6-12(20-9)13(17)16-11-5-3-8(15)7-10(11)14(18)19/h3-7H,2,15H2,1H3,(H,16,17)(H,18,19). The summed E-state index contributed by atoms with van der Waals surface area (Å²) in [6.07, 6.45) is 0.861. The zero-order chi connectivity index (χ0) is 14.7. The quantitative estimate of drug-likeness (QED) is 0.755. The molecule has 0 unspecified atom stereocenters. The van der Waals surface area contributed by atoms with Crippen LogP contribution in [0.5, 0.6) is 0 Å². The van der Waals surface area contributed by atoms with Gasteiger partial charge in [-0.15, -0.1) is 11.3 Å². The summed E-state index contributed by atoms with van der Waals surface area (Å²) < 4.78 is 0. The highest BCUT2D eigenvalue weighted by Gasteiger charge is 2.15. The van der Waals surface area contributed by atoms with Gasteiger partial charge in [0.05, 0.1) is 16.1 Å². The Kier molecular flexibility index (Phi) is 4.05. The van der Waals surface area contributed by atoms with E-state index < -0.39 is 5.97 Å². The van der Waals surface area contributed by atoms with Crippen LogP contribution in [0.1, 0.15) is 31.8 Å². The molecule has 1 aromatic heterocycles. The summed E-state index contributed by atoms with van der Waals surface area (Å²) in [5, 5.41) is 11.7. The van der Waals surface area contributed by atoms with Crippen molar-refractivity contribution < 1.29 is 14.7 Å². The normalized spacial score (nSPS) is 10.2. The van der Waals surface area contributed by atoms with Crippen molar-refractivity contribution in [2.45, 2.75) is 13.3 Å². The second-order valence-electron chi connectivity index (χ2n) is 4.18. The van der Waals surface area contributed by atoms with Crippen molar-refractivity contribution in [3.8, 4) is 0 Å². The molecular weight excluding hydrogens is 276 g/mol. The van der Waals surface area contributed by atoms with Crippen LogP contribution in [-0.2, 0) is 6.42 Å². The lowest BCUT2D eigenvalue weighted by Crippen LogP contribution is -2.13. The first-order valence-corrected chi connectivity index (χ1v) is 6.85. The average Bonchev–Trinajstić information content (AvgIpc) is 2.89. The number of carbonyl (C=O) groups is 2. The minimum atomic E-state index is -1.13. The summed E-state index contributed by atoms with van der Waals surface area (Å²) in [7, 11) is 0. The van der Waals surface area contributed by atoms with E-state index in [1.165, 1.54) is 23.5 Å². The fourth-order valence-electron chi connectivity index (χ4n) is 1.72. The van der Waals surface area contributed by atoms with E-state index in [-0.39, 0.29) is 17.2 Å². The van der Waals surface area contributed by atoms with Crippen LogP contribution in [0.25, 0.3) is 0 Å². The molecule has 1 heterocycles. The number of rotatable bonds is 4. The maximum Gasteiger partial charge on any atom is 0.337 e. The predicted octanol–water partition coefficient (Wildman–Crippen LogP) is 2.84. The van der Waals surface area contributed by atoms with Crippen molar-refractivity contribution in [2.75, 3.05) is 11.1 Å². The topological polar surface area (TPSA) is 92.4 Å². The Morgan fingerprint density at radius 2 is 2.05 bits per heavy atom. The number of nitrogens with one attached hydrogen (secondary N) is 1. The number of carboxylic acids is 1. The number of hydrogen-bond acceptors (Lipinski definition) is 4. The van der Waals surface area contributed by atoms with Gasteiger partial charge in [0.25, 0.3) is 5.91 Å². The van der Waals surface area contributed by atoms with E-state index in [1.807, 2.05) is 13.0 Å². The number of nitrogens with two attached hydrogens (primary N) is 1. The van der Waals surface area contributed by atoms with Gasteiger partial charge >= 0.3 is 5.97 Å². The number of thiophene rings is 1. The van der Waals surface area contributed by atoms with E-state index in [0.29, 0.717) is 10.6 Å². The Morgan fingerprint density at radius 3 is 2.65 bits per heavy atom. The third kappa shape index (κ3) is 2.97. The number of anilines is 2. The molecule has 2 rings (SSSR count). The highest BCUT2D eigenvalue weighted by Crippen LogP contribution is 2.22. The highest BCUT2D eigenvalue weighted by molar-refractivity contribution is 7.14. The van der Waals surface area contributed by atoms with Gasteiger partial charge in [-0.05, 0) is 36.8 Å². The number of aromatic carboxylic acids is 1. The number of benzene rings is 1. The van der Waals surface area contributed by atoms with Gasteiger partial charge in [0, 0.05) is 10.6 Å². The largest absolute Gasteiger partial charge is 0.478 e. The van der Waals surface area contributed by atoms with E-state index in [1.54, 1.807) is 12.1 Å². The van der Waals surface area contributed by atoms with Crippen molar-refractivity contribution in [1.29, 1.82) is 0 Å². The Bertz CT molecular complexity index is 664. The van der Waals surface area contributed by atoms with Crippen LogP contribution in [0.4, 0.5) is 11.4 Å². The smallest absolute Gasteiger partial charge is 0.337 e. The number of carbonyl (C=O) groups excluding carboxylic acids is 1. The van der Waals surface area contributed by atoms with E-state index in [0.717, 1.165) is 11.3 Å². The lowest BCUT2D eigenvalue weighted by atomic mass is 10.1. The molecule has 5 nitrogen and oxygen atoms in total. The molecule has 0 bridgehead atoms. The molecule has 20 heavy (non-hydrogen) atoms. The van der Waals surface area contributed by atoms with Crippen LogP contribution in [0.2, 0.25) is 0 Å². The molecule has 104 valence electrons. The van der Waals surface area contributed by atoms with E-state index in [4.69, 9.17) is 10.8 Å². The van der Waals surface area contributed by atoms with Crippen molar-refractivity contribution >= 4 is 34.6 Å². The van der Waals surface area contributed by atoms with Gasteiger partial charge in [-0.3, -0.25) is 4.79 Å². The van der Waals surface area contributed by atoms with E-state index in [2.05, 4.69) is 5.32 Å². The molecule has 1 amide bonds. The predicted molar refractivity (Wildman–Crippen MR) is 79.5 cm³/mol. The molecule has 0 aliphatic rings. The van der Waals surface area contributed by atoms with Crippen LogP contribution < -0.4 is 11.1 Å². The number of carboxylic acid groups (broad SMARTS) is 1. The molecule has 0 saturated carbocycles. The number of aryl methyl sites for hydroxylation is 1. The third-order valence-electron chi connectivity index (χ3n) is 2.76. The molecule has 0 saturated heterocycles. The summed E-state index contributed by atoms with van der Waals surface area (Å²) in [5.41, 5.74) is 6.11. The summed E-state index contributed by atoms with van der Waals surface area (Å²) in [5.74, 6) is -1.45. The first-order chi connectivity index (χ1) is 9.51. The van der Waals surface area contributed by atoms with Crippen LogP contribution in [-0.4, -0.2) is 17.0 Å². The summed E-state index contributed by atoms with van der Waals surface area (Å²) >= 11 is 1.39. The third-order valence-corrected chi connectivity index (χ3v) is 3.98. The highest BCUT2D eigenvalue weighted by atomic mass is 32.1.